The zero-order chi connectivity index (χ0) is 12.1. The van der Waals surface area contributed by atoms with Gasteiger partial charge in [-0.15, -0.1) is 11.8 Å². The van der Waals surface area contributed by atoms with Crippen molar-refractivity contribution in [1.29, 1.82) is 0 Å². The molecule has 0 fully saturated rings. The van der Waals surface area contributed by atoms with Crippen LogP contribution in [0.2, 0.25) is 0 Å². The molecule has 1 nitrogen and oxygen atoms in total. The minimum absolute atomic E-state index is 0.266. The van der Waals surface area contributed by atoms with Crippen LogP contribution in [0.25, 0.3) is 0 Å². The smallest absolute Gasteiger partial charge is 0.0319 e. The molecule has 0 amide bonds. The Kier molecular flexibility index (Phi) is 5.99. The summed E-state index contributed by atoms with van der Waals surface area (Å²) in [5.41, 5.74) is 3.07. The van der Waals surface area contributed by atoms with Crippen molar-refractivity contribution in [2.45, 2.75) is 38.0 Å². The number of thioether (sulfide) groups is 1. The number of rotatable bonds is 1. The van der Waals surface area contributed by atoms with Gasteiger partial charge < -0.3 is 5.11 Å². The first kappa shape index (κ1) is 14.5. The standard InChI is InChI=1S/C12H18S.CH4O/c1-9-8-10(12(2,3)4)6-7-11(9)13-5;1-2/h6-8H,1-5H3;2H,1H3. The van der Waals surface area contributed by atoms with Gasteiger partial charge in [-0.05, 0) is 35.8 Å². The van der Waals surface area contributed by atoms with Crippen molar-refractivity contribution >= 4 is 11.8 Å². The van der Waals surface area contributed by atoms with Crippen molar-refractivity contribution in [3.63, 3.8) is 0 Å². The van der Waals surface area contributed by atoms with E-state index >= 15 is 0 Å². The number of aryl methyl sites for hydroxylation is 1. The molecule has 0 aliphatic heterocycles. The summed E-state index contributed by atoms with van der Waals surface area (Å²) in [7, 11) is 1.00. The van der Waals surface area contributed by atoms with E-state index in [2.05, 4.69) is 52.1 Å². The summed E-state index contributed by atoms with van der Waals surface area (Å²) in [6.07, 6.45) is 2.12. The van der Waals surface area contributed by atoms with E-state index in [1.54, 1.807) is 0 Å². The van der Waals surface area contributed by atoms with E-state index in [0.29, 0.717) is 0 Å². The van der Waals surface area contributed by atoms with Gasteiger partial charge in [0.1, 0.15) is 0 Å². The van der Waals surface area contributed by atoms with Crippen LogP contribution in [-0.4, -0.2) is 18.5 Å². The van der Waals surface area contributed by atoms with E-state index in [9.17, 15) is 0 Å². The Morgan fingerprint density at radius 2 is 1.67 bits per heavy atom. The number of hydrogen-bond acceptors (Lipinski definition) is 2. The van der Waals surface area contributed by atoms with Crippen LogP contribution in [0.15, 0.2) is 23.1 Å². The van der Waals surface area contributed by atoms with Crippen LogP contribution in [0, 0.1) is 6.92 Å². The van der Waals surface area contributed by atoms with Crippen LogP contribution >= 0.6 is 11.8 Å². The molecule has 0 spiro atoms. The Morgan fingerprint density at radius 3 is 2.00 bits per heavy atom. The lowest BCUT2D eigenvalue weighted by Gasteiger charge is -2.20. The molecule has 2 heteroatoms. The molecule has 1 rings (SSSR count). The second-order valence-corrected chi connectivity index (χ2v) is 5.28. The molecule has 0 radical (unpaired) electrons. The van der Waals surface area contributed by atoms with Gasteiger partial charge in [0.25, 0.3) is 0 Å². The molecular weight excluding hydrogens is 204 g/mol. The molecule has 15 heavy (non-hydrogen) atoms. The predicted molar refractivity (Wildman–Crippen MR) is 69.8 cm³/mol. The minimum Gasteiger partial charge on any atom is -0.400 e. The van der Waals surface area contributed by atoms with Crippen LogP contribution in [0.3, 0.4) is 0 Å². The molecular formula is C13H22OS. The van der Waals surface area contributed by atoms with Gasteiger partial charge in [-0.25, -0.2) is 0 Å². The lowest BCUT2D eigenvalue weighted by molar-refractivity contribution is 0.399. The topological polar surface area (TPSA) is 20.2 Å². The van der Waals surface area contributed by atoms with Gasteiger partial charge in [-0.1, -0.05) is 32.9 Å². The highest BCUT2D eigenvalue weighted by Crippen LogP contribution is 2.27. The Balaban J connectivity index is 0.000000921. The molecule has 0 atom stereocenters. The number of aliphatic hydroxyl groups excluding tert-OH is 1. The normalized spacial score (nSPS) is 10.6. The van der Waals surface area contributed by atoms with Crippen LogP contribution in [0.4, 0.5) is 0 Å². The lowest BCUT2D eigenvalue weighted by Crippen LogP contribution is -2.11. The Bertz CT molecular complexity index is 300. The van der Waals surface area contributed by atoms with Gasteiger partial charge in [-0.3, -0.25) is 0 Å². The van der Waals surface area contributed by atoms with Crippen LogP contribution in [-0.2, 0) is 5.41 Å². The van der Waals surface area contributed by atoms with Crippen molar-refractivity contribution in [2.24, 2.45) is 0 Å². The first-order chi connectivity index (χ1) is 6.95. The molecule has 0 unspecified atom stereocenters. The van der Waals surface area contributed by atoms with Gasteiger partial charge in [0.15, 0.2) is 0 Å². The maximum atomic E-state index is 7.00. The van der Waals surface area contributed by atoms with Crippen molar-refractivity contribution in [2.75, 3.05) is 13.4 Å². The highest BCUT2D eigenvalue weighted by atomic mass is 32.2. The van der Waals surface area contributed by atoms with Crippen molar-refractivity contribution < 1.29 is 5.11 Å². The average molecular weight is 226 g/mol. The van der Waals surface area contributed by atoms with E-state index in [0.717, 1.165) is 7.11 Å². The second kappa shape index (κ2) is 6.19. The van der Waals surface area contributed by atoms with E-state index < -0.39 is 0 Å². The molecule has 0 bridgehead atoms. The fraction of sp³-hybridized carbons (Fsp3) is 0.538. The fourth-order valence-electron chi connectivity index (χ4n) is 1.34. The summed E-state index contributed by atoms with van der Waals surface area (Å²) in [6.45, 7) is 8.93. The van der Waals surface area contributed by atoms with E-state index in [4.69, 9.17) is 5.11 Å². The summed E-state index contributed by atoms with van der Waals surface area (Å²) in [4.78, 5) is 1.38. The van der Waals surface area contributed by atoms with Crippen molar-refractivity contribution in [1.82, 2.24) is 0 Å². The molecule has 0 aliphatic rings. The Morgan fingerprint density at radius 1 is 1.13 bits per heavy atom. The monoisotopic (exact) mass is 226 g/mol. The van der Waals surface area contributed by atoms with Crippen molar-refractivity contribution in [3.8, 4) is 0 Å². The SMILES string of the molecule is CO.CSc1ccc(C(C)(C)C)cc1C. The third-order valence-corrected chi connectivity index (χ3v) is 3.16. The number of benzene rings is 1. The van der Waals surface area contributed by atoms with Gasteiger partial charge >= 0.3 is 0 Å². The second-order valence-electron chi connectivity index (χ2n) is 4.43. The molecule has 86 valence electrons. The molecule has 0 aliphatic carbocycles. The number of aliphatic hydroxyl groups is 1. The maximum Gasteiger partial charge on any atom is 0.0319 e. The van der Waals surface area contributed by atoms with Crippen LogP contribution < -0.4 is 0 Å². The molecule has 0 heterocycles. The Labute approximate surface area is 97.9 Å². The van der Waals surface area contributed by atoms with Gasteiger partial charge in [0.2, 0.25) is 0 Å². The Hall–Kier alpha value is -0.470. The minimum atomic E-state index is 0.266. The summed E-state index contributed by atoms with van der Waals surface area (Å²) in [6, 6.07) is 6.76. The molecule has 1 aromatic carbocycles. The zero-order valence-electron chi connectivity index (χ0n) is 10.6. The third kappa shape index (κ3) is 4.27. The highest BCUT2D eigenvalue weighted by Gasteiger charge is 2.13. The quantitative estimate of drug-likeness (QED) is 0.738. The fourth-order valence-corrected chi connectivity index (χ4v) is 1.93. The molecule has 1 aromatic rings. The van der Waals surface area contributed by atoms with Crippen molar-refractivity contribution in [3.05, 3.63) is 29.3 Å². The molecule has 1 N–H and O–H groups in total. The van der Waals surface area contributed by atoms with E-state index in [-0.39, 0.29) is 5.41 Å². The molecule has 0 saturated carbocycles. The van der Waals surface area contributed by atoms with Crippen LogP contribution in [0.5, 0.6) is 0 Å². The molecule has 0 saturated heterocycles. The summed E-state index contributed by atoms with van der Waals surface area (Å²) < 4.78 is 0. The molecule has 0 aromatic heterocycles. The largest absolute Gasteiger partial charge is 0.400 e. The summed E-state index contributed by atoms with van der Waals surface area (Å²) in [5, 5.41) is 7.00. The summed E-state index contributed by atoms with van der Waals surface area (Å²) in [5.74, 6) is 0. The lowest BCUT2D eigenvalue weighted by atomic mass is 9.86. The van der Waals surface area contributed by atoms with Gasteiger partial charge in [0.05, 0.1) is 0 Å². The first-order valence-corrected chi connectivity index (χ1v) is 6.27. The first-order valence-electron chi connectivity index (χ1n) is 5.05. The number of hydrogen-bond donors (Lipinski definition) is 1. The van der Waals surface area contributed by atoms with Gasteiger partial charge in [0, 0.05) is 12.0 Å². The van der Waals surface area contributed by atoms with E-state index in [1.807, 2.05) is 11.8 Å². The average Bonchev–Trinajstić information content (AvgIpc) is 2.19. The highest BCUT2D eigenvalue weighted by molar-refractivity contribution is 7.98. The van der Waals surface area contributed by atoms with Crippen LogP contribution in [0.1, 0.15) is 31.9 Å². The third-order valence-electron chi connectivity index (χ3n) is 2.26. The summed E-state index contributed by atoms with van der Waals surface area (Å²) >= 11 is 1.81. The predicted octanol–water partition coefficient (Wildman–Crippen LogP) is 3.62. The maximum absolute atomic E-state index is 7.00. The van der Waals surface area contributed by atoms with E-state index in [1.165, 1.54) is 16.0 Å². The zero-order valence-corrected chi connectivity index (χ0v) is 11.4. The van der Waals surface area contributed by atoms with Gasteiger partial charge in [-0.2, -0.15) is 0 Å².